The van der Waals surface area contributed by atoms with Crippen molar-refractivity contribution in [2.75, 3.05) is 47.4 Å². The van der Waals surface area contributed by atoms with Crippen LogP contribution in [0.25, 0.3) is 0 Å². The number of nitrogens with one attached hydrogen (secondary N) is 2. The van der Waals surface area contributed by atoms with Gasteiger partial charge in [-0.15, -0.1) is 24.0 Å². The Morgan fingerprint density at radius 3 is 2.66 bits per heavy atom. The van der Waals surface area contributed by atoms with E-state index in [-0.39, 0.29) is 24.0 Å². The first-order valence-corrected chi connectivity index (χ1v) is 9.59. The largest absolute Gasteiger partial charge is 0.492 e. The molecule has 29 heavy (non-hydrogen) atoms. The van der Waals surface area contributed by atoms with Crippen LogP contribution in [0.3, 0.4) is 0 Å². The van der Waals surface area contributed by atoms with Crippen molar-refractivity contribution in [1.82, 2.24) is 15.5 Å². The van der Waals surface area contributed by atoms with Gasteiger partial charge in [0.15, 0.2) is 5.96 Å². The zero-order valence-electron chi connectivity index (χ0n) is 17.5. The van der Waals surface area contributed by atoms with E-state index in [1.54, 1.807) is 13.3 Å². The highest BCUT2D eigenvalue weighted by molar-refractivity contribution is 14.0. The number of hydrogen-bond donors (Lipinski definition) is 2. The van der Waals surface area contributed by atoms with Gasteiger partial charge >= 0.3 is 0 Å². The predicted octanol–water partition coefficient (Wildman–Crippen LogP) is 3.11. The molecule has 2 aromatic rings. The first-order chi connectivity index (χ1) is 13.7. The highest BCUT2D eigenvalue weighted by atomic mass is 127. The van der Waals surface area contributed by atoms with Crippen LogP contribution in [-0.2, 0) is 17.9 Å². The van der Waals surface area contributed by atoms with Gasteiger partial charge in [-0.05, 0) is 38.7 Å². The molecule has 1 aromatic heterocycles. The van der Waals surface area contributed by atoms with Crippen LogP contribution < -0.4 is 15.4 Å². The van der Waals surface area contributed by atoms with Gasteiger partial charge < -0.3 is 29.4 Å². The second-order valence-corrected chi connectivity index (χ2v) is 6.60. The molecule has 0 atom stereocenters. The molecule has 1 heterocycles. The first-order valence-electron chi connectivity index (χ1n) is 9.59. The number of hydrogen-bond acceptors (Lipinski definition) is 5. The third-order valence-corrected chi connectivity index (χ3v) is 4.02. The minimum atomic E-state index is 0. The van der Waals surface area contributed by atoms with Crippen LogP contribution in [0.2, 0.25) is 0 Å². The Morgan fingerprint density at radius 2 is 1.93 bits per heavy atom. The summed E-state index contributed by atoms with van der Waals surface area (Å²) >= 11 is 0. The Labute approximate surface area is 190 Å². The second kappa shape index (κ2) is 15.1. The van der Waals surface area contributed by atoms with Gasteiger partial charge in [0, 0.05) is 38.9 Å². The zero-order chi connectivity index (χ0) is 20.0. The molecule has 0 bridgehead atoms. The Bertz CT molecular complexity index is 693. The predicted molar refractivity (Wildman–Crippen MR) is 127 cm³/mol. The van der Waals surface area contributed by atoms with Gasteiger partial charge in [0.1, 0.15) is 24.7 Å². The molecule has 8 heteroatoms. The minimum Gasteiger partial charge on any atom is -0.492 e. The van der Waals surface area contributed by atoms with Crippen molar-refractivity contribution in [3.63, 3.8) is 0 Å². The maximum atomic E-state index is 5.90. The fourth-order valence-electron chi connectivity index (χ4n) is 2.48. The van der Waals surface area contributed by atoms with Crippen molar-refractivity contribution >= 4 is 29.9 Å². The summed E-state index contributed by atoms with van der Waals surface area (Å²) in [5.74, 6) is 2.50. The fourth-order valence-corrected chi connectivity index (χ4v) is 2.48. The monoisotopic (exact) mass is 516 g/mol. The Kier molecular flexibility index (Phi) is 13.2. The smallest absolute Gasteiger partial charge is 0.191 e. The molecular formula is C21H33IN4O3. The number of para-hydroxylation sites is 1. The Hall–Kier alpha value is -1.78. The van der Waals surface area contributed by atoms with Crippen molar-refractivity contribution in [2.45, 2.75) is 19.6 Å². The molecule has 0 aliphatic carbocycles. The molecule has 0 unspecified atom stereocenters. The summed E-state index contributed by atoms with van der Waals surface area (Å²) in [5.41, 5.74) is 1.10. The van der Waals surface area contributed by atoms with Gasteiger partial charge in [-0.3, -0.25) is 4.99 Å². The number of guanidine groups is 1. The number of halogens is 1. The minimum absolute atomic E-state index is 0. The van der Waals surface area contributed by atoms with Crippen molar-refractivity contribution in [3.8, 4) is 5.75 Å². The number of furan rings is 1. The van der Waals surface area contributed by atoms with Crippen LogP contribution >= 0.6 is 24.0 Å². The van der Waals surface area contributed by atoms with Crippen molar-refractivity contribution in [2.24, 2.45) is 4.99 Å². The number of likely N-dealkylation sites (N-methyl/N-ethyl adjacent to an activating group) is 1. The summed E-state index contributed by atoms with van der Waals surface area (Å²) in [6, 6.07) is 11.8. The van der Waals surface area contributed by atoms with Crippen molar-refractivity contribution in [3.05, 3.63) is 54.0 Å². The van der Waals surface area contributed by atoms with Crippen LogP contribution in [0, 0.1) is 0 Å². The normalized spacial score (nSPS) is 11.2. The van der Waals surface area contributed by atoms with E-state index >= 15 is 0 Å². The number of rotatable bonds is 12. The lowest BCUT2D eigenvalue weighted by Gasteiger charge is -2.16. The van der Waals surface area contributed by atoms with Crippen LogP contribution in [0.1, 0.15) is 17.7 Å². The Balaban J connectivity index is 0.00000420. The van der Waals surface area contributed by atoms with Gasteiger partial charge in [0.25, 0.3) is 0 Å². The van der Waals surface area contributed by atoms with Crippen LogP contribution in [0.15, 0.2) is 52.1 Å². The standard InChI is InChI=1S/C21H32N4O3.HI/c1-22-21(23-11-7-13-26-17-19-9-6-14-27-19)24-16-18-8-4-5-10-20(18)28-15-12-25(2)3;/h4-6,8-10,14H,7,11-13,15-17H2,1-3H3,(H2,22,23,24);1H. The van der Waals surface area contributed by atoms with Crippen LogP contribution in [0.4, 0.5) is 0 Å². The molecular weight excluding hydrogens is 483 g/mol. The van der Waals surface area contributed by atoms with E-state index in [1.807, 2.05) is 44.4 Å². The van der Waals surface area contributed by atoms with Crippen molar-refractivity contribution < 1.29 is 13.9 Å². The Morgan fingerprint density at radius 1 is 1.10 bits per heavy atom. The summed E-state index contributed by atoms with van der Waals surface area (Å²) in [6.07, 6.45) is 2.53. The summed E-state index contributed by atoms with van der Waals surface area (Å²) in [6.45, 7) is 4.13. The SMILES string of the molecule is CN=C(NCCCOCc1ccco1)NCc1ccccc1OCCN(C)C.I. The number of benzene rings is 1. The van der Waals surface area contributed by atoms with E-state index in [2.05, 4.69) is 26.6 Å². The zero-order valence-corrected chi connectivity index (χ0v) is 19.8. The van der Waals surface area contributed by atoms with Gasteiger partial charge in [-0.1, -0.05) is 18.2 Å². The van der Waals surface area contributed by atoms with E-state index in [0.717, 1.165) is 42.5 Å². The van der Waals surface area contributed by atoms with Gasteiger partial charge in [0.05, 0.1) is 6.26 Å². The second-order valence-electron chi connectivity index (χ2n) is 6.60. The molecule has 0 fully saturated rings. The molecule has 7 nitrogen and oxygen atoms in total. The number of nitrogens with zero attached hydrogens (tertiary/aromatic N) is 2. The average Bonchev–Trinajstić information content (AvgIpc) is 3.21. The van der Waals surface area contributed by atoms with E-state index in [0.29, 0.717) is 26.4 Å². The molecule has 0 saturated heterocycles. The summed E-state index contributed by atoms with van der Waals surface area (Å²) in [7, 11) is 5.84. The van der Waals surface area contributed by atoms with Gasteiger partial charge in [-0.25, -0.2) is 0 Å². The molecule has 0 amide bonds. The third-order valence-electron chi connectivity index (χ3n) is 4.02. The molecule has 0 aliphatic heterocycles. The fraction of sp³-hybridized carbons (Fsp3) is 0.476. The van der Waals surface area contributed by atoms with Gasteiger partial charge in [0.2, 0.25) is 0 Å². The summed E-state index contributed by atoms with van der Waals surface area (Å²) in [4.78, 5) is 6.37. The average molecular weight is 516 g/mol. The molecule has 0 radical (unpaired) electrons. The van der Waals surface area contributed by atoms with Crippen LogP contribution in [0.5, 0.6) is 5.75 Å². The van der Waals surface area contributed by atoms with Crippen LogP contribution in [-0.4, -0.2) is 58.3 Å². The topological polar surface area (TPSA) is 71.3 Å². The maximum Gasteiger partial charge on any atom is 0.191 e. The number of ether oxygens (including phenoxy) is 2. The molecule has 0 spiro atoms. The molecule has 162 valence electrons. The molecule has 2 rings (SSSR count). The lowest BCUT2D eigenvalue weighted by molar-refractivity contribution is 0.105. The molecule has 0 saturated carbocycles. The highest BCUT2D eigenvalue weighted by Gasteiger charge is 2.05. The molecule has 0 aliphatic rings. The highest BCUT2D eigenvalue weighted by Crippen LogP contribution is 2.17. The van der Waals surface area contributed by atoms with E-state index < -0.39 is 0 Å². The van der Waals surface area contributed by atoms with E-state index in [1.165, 1.54) is 0 Å². The summed E-state index contributed by atoms with van der Waals surface area (Å²) in [5, 5.41) is 6.63. The molecule has 1 aromatic carbocycles. The summed E-state index contributed by atoms with van der Waals surface area (Å²) < 4.78 is 16.7. The first kappa shape index (κ1) is 25.3. The van der Waals surface area contributed by atoms with E-state index in [4.69, 9.17) is 13.9 Å². The van der Waals surface area contributed by atoms with E-state index in [9.17, 15) is 0 Å². The lowest BCUT2D eigenvalue weighted by atomic mass is 10.2. The lowest BCUT2D eigenvalue weighted by Crippen LogP contribution is -2.37. The van der Waals surface area contributed by atoms with Gasteiger partial charge in [-0.2, -0.15) is 0 Å². The third kappa shape index (κ3) is 10.5. The maximum absolute atomic E-state index is 5.90. The van der Waals surface area contributed by atoms with Crippen molar-refractivity contribution in [1.29, 1.82) is 0 Å². The molecule has 2 N–H and O–H groups in total. The number of aliphatic imine (C=N–C) groups is 1. The quantitative estimate of drug-likeness (QED) is 0.196.